The molecule has 1 fully saturated rings. The fourth-order valence-electron chi connectivity index (χ4n) is 4.58. The number of nitrogens with one attached hydrogen (secondary N) is 1. The molecule has 0 spiro atoms. The molecule has 1 unspecified atom stereocenters. The van der Waals surface area contributed by atoms with E-state index in [1.54, 1.807) is 23.9 Å². The standard InChI is InChI=1S/C25H30F3N7O3/c1-14(12-25(26,27)28)18-9-10-29-24(32-18)30-13-20-22(33-34-35(20)3)19-7-8-21(15(2)31-19)38-17-6-4-5-16(11-17)23(36)37/h7-10,14,16-17H,4-6,11-13H2,1-3H3,(H,36,37)(H,29,30,32)/t14?,16-,17-/m0/s1. The van der Waals surface area contributed by atoms with Crippen LogP contribution in [0.15, 0.2) is 24.4 Å². The van der Waals surface area contributed by atoms with E-state index < -0.39 is 30.4 Å². The summed E-state index contributed by atoms with van der Waals surface area (Å²) in [5.41, 5.74) is 2.71. The van der Waals surface area contributed by atoms with Crippen molar-refractivity contribution in [1.82, 2.24) is 29.9 Å². The van der Waals surface area contributed by atoms with Gasteiger partial charge in [0.2, 0.25) is 5.95 Å². The van der Waals surface area contributed by atoms with Crippen LogP contribution >= 0.6 is 0 Å². The highest BCUT2D eigenvalue weighted by molar-refractivity contribution is 5.70. The van der Waals surface area contributed by atoms with Crippen molar-refractivity contribution in [2.45, 2.75) is 70.7 Å². The maximum Gasteiger partial charge on any atom is 0.389 e. The molecule has 3 atom stereocenters. The van der Waals surface area contributed by atoms with E-state index in [4.69, 9.17) is 4.74 Å². The van der Waals surface area contributed by atoms with E-state index in [1.807, 2.05) is 6.92 Å². The third-order valence-corrected chi connectivity index (χ3v) is 6.63. The minimum atomic E-state index is -4.28. The smallest absolute Gasteiger partial charge is 0.389 e. The van der Waals surface area contributed by atoms with Crippen molar-refractivity contribution >= 4 is 11.9 Å². The van der Waals surface area contributed by atoms with Crippen LogP contribution in [0.25, 0.3) is 11.4 Å². The van der Waals surface area contributed by atoms with Crippen LogP contribution in [0.1, 0.15) is 62.0 Å². The number of rotatable bonds is 9. The molecule has 3 aromatic heterocycles. The predicted octanol–water partition coefficient (Wildman–Crippen LogP) is 4.67. The second-order valence-corrected chi connectivity index (χ2v) is 9.61. The zero-order valence-corrected chi connectivity index (χ0v) is 21.4. The Bertz CT molecular complexity index is 1280. The number of carbonyl (C=O) groups is 1. The molecule has 2 N–H and O–H groups in total. The molecular formula is C25H30F3N7O3. The molecular weight excluding hydrogens is 503 g/mol. The fourth-order valence-corrected chi connectivity index (χ4v) is 4.58. The maximum atomic E-state index is 12.8. The first-order chi connectivity index (χ1) is 18.0. The lowest BCUT2D eigenvalue weighted by atomic mass is 9.87. The third-order valence-electron chi connectivity index (χ3n) is 6.63. The topological polar surface area (TPSA) is 128 Å². The van der Waals surface area contributed by atoms with Gasteiger partial charge in [-0.1, -0.05) is 12.1 Å². The summed E-state index contributed by atoms with van der Waals surface area (Å²) in [6, 6.07) is 5.04. The summed E-state index contributed by atoms with van der Waals surface area (Å²) in [5.74, 6) is -1.20. The summed E-state index contributed by atoms with van der Waals surface area (Å²) < 4.78 is 46.0. The van der Waals surface area contributed by atoms with Crippen LogP contribution in [0, 0.1) is 12.8 Å². The number of alkyl halides is 3. The van der Waals surface area contributed by atoms with Crippen molar-refractivity contribution in [3.05, 3.63) is 41.5 Å². The second kappa shape index (κ2) is 11.3. The molecule has 0 saturated heterocycles. The summed E-state index contributed by atoms with van der Waals surface area (Å²) in [6.07, 6.45) is -1.28. The number of ether oxygens (including phenoxy) is 1. The number of nitrogens with zero attached hydrogens (tertiary/aromatic N) is 6. The highest BCUT2D eigenvalue weighted by Crippen LogP contribution is 2.31. The Hall–Kier alpha value is -3.77. The molecule has 0 aliphatic heterocycles. The van der Waals surface area contributed by atoms with Gasteiger partial charge in [-0.15, -0.1) is 5.10 Å². The van der Waals surface area contributed by atoms with E-state index in [0.29, 0.717) is 47.1 Å². The molecule has 3 aromatic rings. The average molecular weight is 534 g/mol. The first-order valence-corrected chi connectivity index (χ1v) is 12.4. The van der Waals surface area contributed by atoms with Gasteiger partial charge in [0.05, 0.1) is 42.1 Å². The van der Waals surface area contributed by atoms with Gasteiger partial charge in [0, 0.05) is 24.9 Å². The number of hydrogen-bond donors (Lipinski definition) is 2. The van der Waals surface area contributed by atoms with Gasteiger partial charge < -0.3 is 15.2 Å². The molecule has 0 amide bonds. The molecule has 0 radical (unpaired) electrons. The van der Waals surface area contributed by atoms with Crippen molar-refractivity contribution < 1.29 is 27.8 Å². The molecule has 0 bridgehead atoms. The lowest BCUT2D eigenvalue weighted by molar-refractivity contribution is -0.144. The third kappa shape index (κ3) is 6.75. The van der Waals surface area contributed by atoms with E-state index >= 15 is 0 Å². The van der Waals surface area contributed by atoms with Gasteiger partial charge in [0.25, 0.3) is 0 Å². The minimum Gasteiger partial charge on any atom is -0.489 e. The zero-order chi connectivity index (χ0) is 27.4. The molecule has 4 rings (SSSR count). The molecule has 1 aliphatic carbocycles. The van der Waals surface area contributed by atoms with Crippen LogP contribution in [-0.2, 0) is 18.4 Å². The van der Waals surface area contributed by atoms with Crippen molar-refractivity contribution in [2.75, 3.05) is 5.32 Å². The van der Waals surface area contributed by atoms with Crippen molar-refractivity contribution in [2.24, 2.45) is 13.0 Å². The van der Waals surface area contributed by atoms with Gasteiger partial charge >= 0.3 is 12.1 Å². The SMILES string of the molecule is Cc1nc(-c2nnn(C)c2CNc2nccc(C(C)CC(F)(F)F)n2)ccc1O[C@H]1CCC[C@H](C(=O)O)C1. The number of aliphatic carboxylic acids is 1. The average Bonchev–Trinajstić information content (AvgIpc) is 3.23. The normalized spacial score (nSPS) is 18.7. The van der Waals surface area contributed by atoms with Gasteiger partial charge in [-0.05, 0) is 50.8 Å². The van der Waals surface area contributed by atoms with Crippen LogP contribution in [0.2, 0.25) is 0 Å². The van der Waals surface area contributed by atoms with Gasteiger partial charge in [0.1, 0.15) is 11.4 Å². The van der Waals surface area contributed by atoms with E-state index in [1.165, 1.54) is 19.2 Å². The number of anilines is 1. The lowest BCUT2D eigenvalue weighted by Gasteiger charge is -2.27. The zero-order valence-electron chi connectivity index (χ0n) is 21.4. The molecule has 13 heteroatoms. The molecule has 1 aliphatic rings. The molecule has 0 aromatic carbocycles. The first-order valence-electron chi connectivity index (χ1n) is 12.4. The number of halogens is 3. The van der Waals surface area contributed by atoms with Crippen molar-refractivity contribution in [3.63, 3.8) is 0 Å². The predicted molar refractivity (Wildman–Crippen MR) is 131 cm³/mol. The van der Waals surface area contributed by atoms with Gasteiger partial charge in [-0.25, -0.2) is 19.6 Å². The minimum absolute atomic E-state index is 0.179. The number of carboxylic acids is 1. The van der Waals surface area contributed by atoms with Crippen molar-refractivity contribution in [3.8, 4) is 17.1 Å². The Balaban J connectivity index is 1.45. The molecule has 204 valence electrons. The second-order valence-electron chi connectivity index (χ2n) is 9.61. The van der Waals surface area contributed by atoms with Gasteiger partial charge in [-0.3, -0.25) is 4.79 Å². The van der Waals surface area contributed by atoms with Crippen molar-refractivity contribution in [1.29, 1.82) is 0 Å². The number of hydrogen-bond acceptors (Lipinski definition) is 8. The van der Waals surface area contributed by atoms with Crippen LogP contribution in [0.4, 0.5) is 19.1 Å². The summed E-state index contributed by atoms with van der Waals surface area (Å²) >= 11 is 0. The summed E-state index contributed by atoms with van der Waals surface area (Å²) in [7, 11) is 1.72. The van der Waals surface area contributed by atoms with E-state index in [2.05, 4.69) is 30.6 Å². The summed E-state index contributed by atoms with van der Waals surface area (Å²) in [6.45, 7) is 3.50. The Morgan fingerprint density at radius 1 is 1.26 bits per heavy atom. The Kier molecular flexibility index (Phi) is 8.12. The van der Waals surface area contributed by atoms with Crippen LogP contribution in [-0.4, -0.2) is 53.3 Å². The Morgan fingerprint density at radius 2 is 2.05 bits per heavy atom. The van der Waals surface area contributed by atoms with E-state index in [-0.39, 0.29) is 18.6 Å². The maximum absolute atomic E-state index is 12.8. The number of aryl methyl sites for hydroxylation is 2. The highest BCUT2D eigenvalue weighted by atomic mass is 19.4. The monoisotopic (exact) mass is 533 g/mol. The summed E-state index contributed by atoms with van der Waals surface area (Å²) in [5, 5.41) is 20.7. The fraction of sp³-hybridized carbons (Fsp3) is 0.520. The van der Waals surface area contributed by atoms with Crippen LogP contribution in [0.5, 0.6) is 5.75 Å². The largest absolute Gasteiger partial charge is 0.489 e. The first kappa shape index (κ1) is 27.3. The molecule has 1 saturated carbocycles. The Labute approximate surface area is 217 Å². The van der Waals surface area contributed by atoms with Crippen LogP contribution < -0.4 is 10.1 Å². The molecule has 38 heavy (non-hydrogen) atoms. The summed E-state index contributed by atoms with van der Waals surface area (Å²) in [4.78, 5) is 24.4. The number of carboxylic acid groups (broad SMARTS) is 1. The number of pyridine rings is 1. The van der Waals surface area contributed by atoms with E-state index in [0.717, 1.165) is 12.8 Å². The molecule has 3 heterocycles. The number of aromatic nitrogens is 6. The molecule has 10 nitrogen and oxygen atoms in total. The lowest BCUT2D eigenvalue weighted by Crippen LogP contribution is -2.29. The van der Waals surface area contributed by atoms with Gasteiger partial charge in [0.15, 0.2) is 0 Å². The quantitative estimate of drug-likeness (QED) is 0.403. The van der Waals surface area contributed by atoms with Crippen LogP contribution in [0.3, 0.4) is 0 Å². The Morgan fingerprint density at radius 3 is 2.76 bits per heavy atom. The highest BCUT2D eigenvalue weighted by Gasteiger charge is 2.31. The van der Waals surface area contributed by atoms with Gasteiger partial charge in [-0.2, -0.15) is 13.2 Å². The van der Waals surface area contributed by atoms with E-state index in [9.17, 15) is 23.1 Å².